The van der Waals surface area contributed by atoms with Crippen molar-refractivity contribution in [3.63, 3.8) is 0 Å². The molecule has 0 saturated heterocycles. The summed E-state index contributed by atoms with van der Waals surface area (Å²) < 4.78 is 0. The van der Waals surface area contributed by atoms with Crippen LogP contribution in [0.25, 0.3) is 0 Å². The number of alkyl halides is 1. The van der Waals surface area contributed by atoms with E-state index in [0.29, 0.717) is 5.88 Å². The van der Waals surface area contributed by atoms with Crippen LogP contribution >= 0.6 is 11.6 Å². The number of aliphatic hydroxyl groups is 1. The summed E-state index contributed by atoms with van der Waals surface area (Å²) in [4.78, 5) is 0. The average molecular weight is 110 g/mol. The second-order valence-electron chi connectivity index (χ2n) is 1.10. The molecule has 0 bridgehead atoms. The number of nitrogens with two attached hydrogens (primary N) is 1. The molecule has 3 heteroatoms. The number of hydrogen-bond acceptors (Lipinski definition) is 2. The van der Waals surface area contributed by atoms with Crippen molar-refractivity contribution in [2.75, 3.05) is 12.5 Å². The summed E-state index contributed by atoms with van der Waals surface area (Å²) in [5, 5.41) is 8.13. The van der Waals surface area contributed by atoms with Gasteiger partial charge in [-0.15, -0.1) is 11.6 Å². The summed E-state index contributed by atoms with van der Waals surface area (Å²) in [6.07, 6.45) is 0. The van der Waals surface area contributed by atoms with Crippen LogP contribution in [-0.4, -0.2) is 23.6 Å². The van der Waals surface area contributed by atoms with Gasteiger partial charge in [0, 0.05) is 11.9 Å². The zero-order chi connectivity index (χ0) is 4.99. The lowest BCUT2D eigenvalue weighted by molar-refractivity contribution is 0.275. The fourth-order valence-electron chi connectivity index (χ4n) is 0.0488. The molecular weight excluding hydrogens is 101 g/mol. The molecule has 38 valence electrons. The first-order valence-electron chi connectivity index (χ1n) is 1.73. The van der Waals surface area contributed by atoms with E-state index in [1.54, 1.807) is 0 Å². The second-order valence-corrected chi connectivity index (χ2v) is 1.41. The Hall–Kier alpha value is 0.210. The molecule has 0 spiro atoms. The lowest BCUT2D eigenvalue weighted by atomic mass is 10.4. The maximum absolute atomic E-state index is 8.13. The molecule has 0 fully saturated rings. The van der Waals surface area contributed by atoms with E-state index in [1.165, 1.54) is 0 Å². The van der Waals surface area contributed by atoms with E-state index in [9.17, 15) is 0 Å². The minimum absolute atomic E-state index is 0.0243. The second kappa shape index (κ2) is 3.40. The standard InChI is InChI=1S/C3H8ClNO/c4-1-3(5)2-6/h3,6H,1-2,5H2/t3-/m1/s1. The predicted octanol–water partition coefficient (Wildman–Crippen LogP) is -0.455. The van der Waals surface area contributed by atoms with Gasteiger partial charge in [0.15, 0.2) is 0 Å². The van der Waals surface area contributed by atoms with Gasteiger partial charge in [-0.2, -0.15) is 0 Å². The summed E-state index contributed by atoms with van der Waals surface area (Å²) in [5.41, 5.74) is 5.09. The molecule has 3 N–H and O–H groups in total. The van der Waals surface area contributed by atoms with Crippen molar-refractivity contribution in [3.8, 4) is 0 Å². The molecule has 0 rings (SSSR count). The van der Waals surface area contributed by atoms with Crippen molar-refractivity contribution >= 4 is 11.6 Å². The molecular formula is C3H8ClNO. The van der Waals surface area contributed by atoms with E-state index < -0.39 is 0 Å². The molecule has 0 aliphatic heterocycles. The highest BCUT2D eigenvalue weighted by Crippen LogP contribution is 1.78. The Morgan fingerprint density at radius 2 is 2.33 bits per heavy atom. The van der Waals surface area contributed by atoms with Crippen LogP contribution in [0.3, 0.4) is 0 Å². The molecule has 0 aromatic heterocycles. The van der Waals surface area contributed by atoms with Crippen LogP contribution in [0, 0.1) is 0 Å². The average Bonchev–Trinajstić information content (AvgIpc) is 1.65. The van der Waals surface area contributed by atoms with E-state index in [4.69, 9.17) is 22.4 Å². The highest BCUT2D eigenvalue weighted by Gasteiger charge is 1.92. The van der Waals surface area contributed by atoms with Gasteiger partial charge >= 0.3 is 0 Å². The van der Waals surface area contributed by atoms with Gasteiger partial charge in [0.25, 0.3) is 0 Å². The Kier molecular flexibility index (Phi) is 3.52. The highest BCUT2D eigenvalue weighted by atomic mass is 35.5. The quantitative estimate of drug-likeness (QED) is 0.472. The number of aliphatic hydroxyl groups excluding tert-OH is 1. The smallest absolute Gasteiger partial charge is 0.0594 e. The first-order chi connectivity index (χ1) is 2.81. The van der Waals surface area contributed by atoms with Crippen LogP contribution in [0.2, 0.25) is 0 Å². The third-order valence-electron chi connectivity index (χ3n) is 0.433. The molecule has 0 radical (unpaired) electrons. The number of hydrogen-bond donors (Lipinski definition) is 2. The van der Waals surface area contributed by atoms with E-state index in [0.717, 1.165) is 0 Å². The van der Waals surface area contributed by atoms with Gasteiger partial charge in [-0.1, -0.05) is 0 Å². The van der Waals surface area contributed by atoms with Gasteiger partial charge in [-0.25, -0.2) is 0 Å². The third kappa shape index (κ3) is 2.45. The van der Waals surface area contributed by atoms with Crippen LogP contribution in [0.15, 0.2) is 0 Å². The van der Waals surface area contributed by atoms with Crippen LogP contribution in [-0.2, 0) is 0 Å². The van der Waals surface area contributed by atoms with E-state index >= 15 is 0 Å². The first kappa shape index (κ1) is 6.21. The van der Waals surface area contributed by atoms with Crippen molar-refractivity contribution in [2.24, 2.45) is 5.73 Å². The summed E-state index contributed by atoms with van der Waals surface area (Å²) in [6.45, 7) is -0.0243. The Labute approximate surface area is 41.9 Å². The Morgan fingerprint density at radius 3 is 2.33 bits per heavy atom. The SMILES string of the molecule is N[C@@H](CO)CCl. The van der Waals surface area contributed by atoms with Crippen molar-refractivity contribution in [3.05, 3.63) is 0 Å². The Bertz CT molecular complexity index is 30.0. The van der Waals surface area contributed by atoms with Crippen molar-refractivity contribution < 1.29 is 5.11 Å². The van der Waals surface area contributed by atoms with Crippen molar-refractivity contribution in [1.29, 1.82) is 0 Å². The van der Waals surface area contributed by atoms with Gasteiger partial charge in [-0.3, -0.25) is 0 Å². The molecule has 0 unspecified atom stereocenters. The normalized spacial score (nSPS) is 14.5. The molecule has 6 heavy (non-hydrogen) atoms. The molecule has 0 aliphatic carbocycles. The predicted molar refractivity (Wildman–Crippen MR) is 25.8 cm³/mol. The minimum atomic E-state index is -0.244. The molecule has 0 amide bonds. The number of rotatable bonds is 2. The van der Waals surface area contributed by atoms with Crippen molar-refractivity contribution in [1.82, 2.24) is 0 Å². The van der Waals surface area contributed by atoms with Crippen LogP contribution in [0.1, 0.15) is 0 Å². The van der Waals surface area contributed by atoms with E-state index in [-0.39, 0.29) is 12.6 Å². The van der Waals surface area contributed by atoms with Crippen molar-refractivity contribution in [2.45, 2.75) is 6.04 Å². The summed E-state index contributed by atoms with van der Waals surface area (Å²) in [7, 11) is 0. The molecule has 0 aromatic rings. The molecule has 2 nitrogen and oxygen atoms in total. The minimum Gasteiger partial charge on any atom is -0.395 e. The molecule has 1 atom stereocenters. The summed E-state index contributed by atoms with van der Waals surface area (Å²) in [6, 6.07) is -0.244. The lowest BCUT2D eigenvalue weighted by Gasteiger charge is -1.97. The lowest BCUT2D eigenvalue weighted by Crippen LogP contribution is -2.25. The maximum Gasteiger partial charge on any atom is 0.0594 e. The molecule has 0 aliphatic rings. The fraction of sp³-hybridized carbons (Fsp3) is 1.00. The summed E-state index contributed by atoms with van der Waals surface area (Å²) >= 11 is 5.17. The largest absolute Gasteiger partial charge is 0.395 e. The van der Waals surface area contributed by atoms with Crippen LogP contribution in [0.5, 0.6) is 0 Å². The van der Waals surface area contributed by atoms with Gasteiger partial charge < -0.3 is 10.8 Å². The summed E-state index contributed by atoms with van der Waals surface area (Å²) in [5.74, 6) is 0.330. The Balaban J connectivity index is 2.75. The van der Waals surface area contributed by atoms with Gasteiger partial charge in [0.1, 0.15) is 0 Å². The molecule has 0 aromatic carbocycles. The van der Waals surface area contributed by atoms with E-state index in [1.807, 2.05) is 0 Å². The van der Waals surface area contributed by atoms with Gasteiger partial charge in [-0.05, 0) is 0 Å². The first-order valence-corrected chi connectivity index (χ1v) is 2.27. The zero-order valence-corrected chi connectivity index (χ0v) is 4.15. The highest BCUT2D eigenvalue weighted by molar-refractivity contribution is 6.18. The maximum atomic E-state index is 8.13. The van der Waals surface area contributed by atoms with Gasteiger partial charge in [0.05, 0.1) is 6.61 Å². The molecule has 0 saturated carbocycles. The third-order valence-corrected chi connectivity index (χ3v) is 0.829. The Morgan fingerprint density at radius 1 is 1.83 bits per heavy atom. The molecule has 0 heterocycles. The van der Waals surface area contributed by atoms with Crippen LogP contribution in [0.4, 0.5) is 0 Å². The van der Waals surface area contributed by atoms with E-state index in [2.05, 4.69) is 0 Å². The fourth-order valence-corrected chi connectivity index (χ4v) is 0.146. The van der Waals surface area contributed by atoms with Gasteiger partial charge in [0.2, 0.25) is 0 Å². The zero-order valence-electron chi connectivity index (χ0n) is 3.39. The van der Waals surface area contributed by atoms with Crippen LogP contribution < -0.4 is 5.73 Å². The topological polar surface area (TPSA) is 46.2 Å². The number of halogens is 1. The monoisotopic (exact) mass is 109 g/mol.